The van der Waals surface area contributed by atoms with Crippen molar-refractivity contribution < 1.29 is 14.3 Å². The summed E-state index contributed by atoms with van der Waals surface area (Å²) in [6, 6.07) is 3.68. The van der Waals surface area contributed by atoms with Crippen LogP contribution in [0.3, 0.4) is 0 Å². The first-order valence-electron chi connectivity index (χ1n) is 6.07. The van der Waals surface area contributed by atoms with Crippen LogP contribution in [-0.4, -0.2) is 25.7 Å². The molecule has 0 aliphatic heterocycles. The van der Waals surface area contributed by atoms with E-state index in [1.807, 2.05) is 19.1 Å². The number of benzene rings is 1. The van der Waals surface area contributed by atoms with Crippen LogP contribution in [0.4, 0.5) is 0 Å². The van der Waals surface area contributed by atoms with Crippen molar-refractivity contribution in [2.45, 2.75) is 26.5 Å². The number of hydrogen-bond acceptors (Lipinski definition) is 4. The Morgan fingerprint density at radius 1 is 1.53 bits per heavy atom. The molecule has 0 fully saturated rings. The normalized spacial score (nSPS) is 11.8. The molecule has 19 heavy (non-hydrogen) atoms. The molecule has 1 aromatic rings. The van der Waals surface area contributed by atoms with E-state index in [0.717, 1.165) is 10.0 Å². The van der Waals surface area contributed by atoms with E-state index in [1.54, 1.807) is 14.0 Å². The van der Waals surface area contributed by atoms with Crippen LogP contribution in [0.5, 0.6) is 11.5 Å². The third kappa shape index (κ3) is 4.11. The molecule has 1 aromatic carbocycles. The molecule has 0 bridgehead atoms. The molecule has 1 amide bonds. The van der Waals surface area contributed by atoms with Crippen molar-refractivity contribution in [1.82, 2.24) is 5.32 Å². The molecule has 5 nitrogen and oxygen atoms in total. The molecule has 1 atom stereocenters. The molecular formula is C13H19BrN2O3. The summed E-state index contributed by atoms with van der Waals surface area (Å²) in [6.07, 6.45) is -0.607. The van der Waals surface area contributed by atoms with Gasteiger partial charge in [0.25, 0.3) is 5.91 Å². The number of likely N-dealkylation sites (N-methyl/N-ethyl adjacent to an activating group) is 1. The number of ether oxygens (including phenoxy) is 2. The van der Waals surface area contributed by atoms with E-state index >= 15 is 0 Å². The minimum atomic E-state index is -0.607. The summed E-state index contributed by atoms with van der Waals surface area (Å²) in [4.78, 5) is 11.5. The Balaban J connectivity index is 3.07. The van der Waals surface area contributed by atoms with E-state index in [4.69, 9.17) is 15.2 Å². The number of hydrogen-bond donors (Lipinski definition) is 2. The van der Waals surface area contributed by atoms with Crippen molar-refractivity contribution in [2.75, 3.05) is 13.7 Å². The van der Waals surface area contributed by atoms with Crippen molar-refractivity contribution in [1.29, 1.82) is 0 Å². The average Bonchev–Trinajstić information content (AvgIpc) is 2.41. The number of carbonyl (C=O) groups excluding carboxylic acids is 1. The van der Waals surface area contributed by atoms with Crippen molar-refractivity contribution in [2.24, 2.45) is 5.73 Å². The summed E-state index contributed by atoms with van der Waals surface area (Å²) in [6.45, 7) is 4.47. The largest absolute Gasteiger partial charge is 0.490 e. The zero-order valence-electron chi connectivity index (χ0n) is 11.3. The molecule has 0 saturated carbocycles. The maximum atomic E-state index is 11.5. The first-order valence-corrected chi connectivity index (χ1v) is 6.86. The standard InChI is InChI=1S/C13H19BrN2O3/c1-4-18-11-6-9(7-15)5-10(14)12(11)19-8(2)13(17)16-3/h5-6,8H,4,7,15H2,1-3H3,(H,16,17). The number of carbonyl (C=O) groups is 1. The van der Waals surface area contributed by atoms with Gasteiger partial charge in [0.15, 0.2) is 17.6 Å². The van der Waals surface area contributed by atoms with E-state index in [-0.39, 0.29) is 5.91 Å². The van der Waals surface area contributed by atoms with Gasteiger partial charge in [-0.1, -0.05) is 0 Å². The summed E-state index contributed by atoms with van der Waals surface area (Å²) < 4.78 is 11.9. The fourth-order valence-corrected chi connectivity index (χ4v) is 2.13. The summed E-state index contributed by atoms with van der Waals surface area (Å²) in [5, 5.41) is 2.54. The Morgan fingerprint density at radius 2 is 2.21 bits per heavy atom. The lowest BCUT2D eigenvalue weighted by molar-refractivity contribution is -0.126. The Labute approximate surface area is 121 Å². The van der Waals surface area contributed by atoms with Crippen LogP contribution in [0, 0.1) is 0 Å². The topological polar surface area (TPSA) is 73.6 Å². The molecule has 0 aliphatic carbocycles. The lowest BCUT2D eigenvalue weighted by Crippen LogP contribution is -2.33. The molecule has 0 aromatic heterocycles. The van der Waals surface area contributed by atoms with Crippen LogP contribution in [-0.2, 0) is 11.3 Å². The van der Waals surface area contributed by atoms with E-state index in [2.05, 4.69) is 21.2 Å². The predicted octanol–water partition coefficient (Wildman–Crippen LogP) is 1.82. The van der Waals surface area contributed by atoms with Gasteiger partial charge in [0.2, 0.25) is 0 Å². The van der Waals surface area contributed by atoms with Crippen molar-refractivity contribution in [3.05, 3.63) is 22.2 Å². The van der Waals surface area contributed by atoms with Crippen LogP contribution in [0.2, 0.25) is 0 Å². The quantitative estimate of drug-likeness (QED) is 0.834. The first-order chi connectivity index (χ1) is 9.03. The summed E-state index contributed by atoms with van der Waals surface area (Å²) in [7, 11) is 1.57. The molecule has 106 valence electrons. The third-order valence-electron chi connectivity index (χ3n) is 2.52. The van der Waals surface area contributed by atoms with Gasteiger partial charge in [-0.15, -0.1) is 0 Å². The van der Waals surface area contributed by atoms with Crippen molar-refractivity contribution in [3.63, 3.8) is 0 Å². The zero-order valence-corrected chi connectivity index (χ0v) is 12.9. The molecule has 3 N–H and O–H groups in total. The third-order valence-corrected chi connectivity index (χ3v) is 3.10. The van der Waals surface area contributed by atoms with Gasteiger partial charge in [0.05, 0.1) is 11.1 Å². The Morgan fingerprint density at radius 3 is 2.74 bits per heavy atom. The average molecular weight is 331 g/mol. The fourth-order valence-electron chi connectivity index (χ4n) is 1.55. The molecule has 0 heterocycles. The highest BCUT2D eigenvalue weighted by Gasteiger charge is 2.18. The van der Waals surface area contributed by atoms with Crippen LogP contribution >= 0.6 is 15.9 Å². The molecule has 1 rings (SSSR count). The van der Waals surface area contributed by atoms with Gasteiger partial charge < -0.3 is 20.5 Å². The Hall–Kier alpha value is -1.27. The van der Waals surface area contributed by atoms with Gasteiger partial charge in [-0.2, -0.15) is 0 Å². The fraction of sp³-hybridized carbons (Fsp3) is 0.462. The highest BCUT2D eigenvalue weighted by molar-refractivity contribution is 9.10. The summed E-state index contributed by atoms with van der Waals surface area (Å²) >= 11 is 3.42. The number of halogens is 1. The maximum absolute atomic E-state index is 11.5. The first kappa shape index (κ1) is 15.8. The number of amides is 1. The molecular weight excluding hydrogens is 312 g/mol. The molecule has 6 heteroatoms. The van der Waals surface area contributed by atoms with Crippen molar-refractivity contribution >= 4 is 21.8 Å². The van der Waals surface area contributed by atoms with Gasteiger partial charge in [0.1, 0.15) is 0 Å². The number of nitrogens with two attached hydrogens (primary N) is 1. The second-order valence-electron chi connectivity index (χ2n) is 3.92. The summed E-state index contributed by atoms with van der Waals surface area (Å²) in [5.41, 5.74) is 6.55. The number of nitrogens with one attached hydrogen (secondary N) is 1. The van der Waals surface area contributed by atoms with E-state index in [0.29, 0.717) is 24.7 Å². The van der Waals surface area contributed by atoms with E-state index in [9.17, 15) is 4.79 Å². The molecule has 0 spiro atoms. The monoisotopic (exact) mass is 330 g/mol. The van der Waals surface area contributed by atoms with E-state index < -0.39 is 6.10 Å². The summed E-state index contributed by atoms with van der Waals surface area (Å²) in [5.74, 6) is 0.889. The lowest BCUT2D eigenvalue weighted by Gasteiger charge is -2.18. The molecule has 1 unspecified atom stereocenters. The molecule has 0 saturated heterocycles. The van der Waals surface area contributed by atoms with Crippen LogP contribution < -0.4 is 20.5 Å². The second-order valence-corrected chi connectivity index (χ2v) is 4.77. The number of rotatable bonds is 6. The minimum Gasteiger partial charge on any atom is -0.490 e. The van der Waals surface area contributed by atoms with Gasteiger partial charge in [-0.05, 0) is 47.5 Å². The zero-order chi connectivity index (χ0) is 14.4. The predicted molar refractivity (Wildman–Crippen MR) is 77.4 cm³/mol. The van der Waals surface area contributed by atoms with Gasteiger partial charge in [0, 0.05) is 13.6 Å². The highest BCUT2D eigenvalue weighted by Crippen LogP contribution is 2.37. The van der Waals surface area contributed by atoms with Crippen LogP contribution in [0.25, 0.3) is 0 Å². The molecule has 0 aliphatic rings. The smallest absolute Gasteiger partial charge is 0.260 e. The Kier molecular flexibility index (Phi) is 6.11. The van der Waals surface area contributed by atoms with Crippen molar-refractivity contribution in [3.8, 4) is 11.5 Å². The van der Waals surface area contributed by atoms with Gasteiger partial charge in [-0.25, -0.2) is 0 Å². The van der Waals surface area contributed by atoms with Gasteiger partial charge in [-0.3, -0.25) is 4.79 Å². The Bertz CT molecular complexity index is 452. The van der Waals surface area contributed by atoms with E-state index in [1.165, 1.54) is 0 Å². The maximum Gasteiger partial charge on any atom is 0.260 e. The minimum absolute atomic E-state index is 0.197. The van der Waals surface area contributed by atoms with Crippen LogP contribution in [0.1, 0.15) is 19.4 Å². The highest BCUT2D eigenvalue weighted by atomic mass is 79.9. The SMILES string of the molecule is CCOc1cc(CN)cc(Br)c1OC(C)C(=O)NC. The molecule has 0 radical (unpaired) electrons. The van der Waals surface area contributed by atoms with Crippen LogP contribution in [0.15, 0.2) is 16.6 Å². The lowest BCUT2D eigenvalue weighted by atomic mass is 10.2. The van der Waals surface area contributed by atoms with Gasteiger partial charge >= 0.3 is 0 Å². The second kappa shape index (κ2) is 7.35.